The number of amides is 2. The fraction of sp³-hybridized carbons (Fsp3) is 0.200. The van der Waals surface area contributed by atoms with Crippen LogP contribution < -0.4 is 16.0 Å². The smallest absolute Gasteiger partial charge is 0.325 e. The monoisotopic (exact) mass is 316 g/mol. The SMILES string of the molecule is COC(=O)CN/C=C(/C#N)C(=O)N(C(C)=O)c1ccc(N)cc1. The second-order valence-corrected chi connectivity index (χ2v) is 4.38. The van der Waals surface area contributed by atoms with Crippen LogP contribution in [0.5, 0.6) is 0 Å². The van der Waals surface area contributed by atoms with Crippen LogP contribution in [0.1, 0.15) is 6.92 Å². The summed E-state index contributed by atoms with van der Waals surface area (Å²) in [4.78, 5) is 36.0. The van der Waals surface area contributed by atoms with Gasteiger partial charge in [-0.05, 0) is 24.3 Å². The Morgan fingerprint density at radius 3 is 2.43 bits per heavy atom. The van der Waals surface area contributed by atoms with E-state index in [1.54, 1.807) is 6.07 Å². The molecule has 0 fully saturated rings. The lowest BCUT2D eigenvalue weighted by Crippen LogP contribution is -2.36. The molecule has 0 aliphatic rings. The van der Waals surface area contributed by atoms with E-state index >= 15 is 0 Å². The molecule has 1 aromatic rings. The van der Waals surface area contributed by atoms with Gasteiger partial charge in [-0.25, -0.2) is 4.90 Å². The Hall–Kier alpha value is -3.34. The number of esters is 1. The maximum atomic E-state index is 12.4. The van der Waals surface area contributed by atoms with Gasteiger partial charge in [0, 0.05) is 18.8 Å². The lowest BCUT2D eigenvalue weighted by molar-refractivity contribution is -0.139. The Labute approximate surface area is 133 Å². The lowest BCUT2D eigenvalue weighted by atomic mass is 10.2. The van der Waals surface area contributed by atoms with Crippen LogP contribution in [-0.4, -0.2) is 31.4 Å². The molecule has 0 aromatic heterocycles. The van der Waals surface area contributed by atoms with Gasteiger partial charge in [0.15, 0.2) is 0 Å². The summed E-state index contributed by atoms with van der Waals surface area (Å²) in [6.45, 7) is 0.988. The van der Waals surface area contributed by atoms with Gasteiger partial charge < -0.3 is 15.8 Å². The van der Waals surface area contributed by atoms with Crippen LogP contribution in [-0.2, 0) is 19.1 Å². The number of nitriles is 1. The summed E-state index contributed by atoms with van der Waals surface area (Å²) >= 11 is 0. The molecule has 3 N–H and O–H groups in total. The van der Waals surface area contributed by atoms with Gasteiger partial charge in [0.2, 0.25) is 5.91 Å². The first-order valence-corrected chi connectivity index (χ1v) is 6.51. The number of hydrogen-bond donors (Lipinski definition) is 2. The molecule has 0 saturated heterocycles. The van der Waals surface area contributed by atoms with Gasteiger partial charge >= 0.3 is 5.97 Å². The van der Waals surface area contributed by atoms with Crippen molar-refractivity contribution < 1.29 is 19.1 Å². The maximum absolute atomic E-state index is 12.4. The number of imide groups is 1. The number of benzene rings is 1. The first-order valence-electron chi connectivity index (χ1n) is 6.51. The average Bonchev–Trinajstić information content (AvgIpc) is 2.52. The van der Waals surface area contributed by atoms with Crippen molar-refractivity contribution in [2.45, 2.75) is 6.92 Å². The normalized spacial score (nSPS) is 10.4. The largest absolute Gasteiger partial charge is 0.468 e. The molecule has 23 heavy (non-hydrogen) atoms. The number of hydrogen-bond acceptors (Lipinski definition) is 7. The van der Waals surface area contributed by atoms with Crippen LogP contribution >= 0.6 is 0 Å². The molecule has 8 nitrogen and oxygen atoms in total. The third kappa shape index (κ3) is 4.86. The molecule has 120 valence electrons. The number of nitrogens with one attached hydrogen (secondary N) is 1. The van der Waals surface area contributed by atoms with E-state index in [1.165, 1.54) is 38.3 Å². The number of nitrogens with two attached hydrogens (primary N) is 1. The Morgan fingerprint density at radius 1 is 1.35 bits per heavy atom. The van der Waals surface area contributed by atoms with Gasteiger partial charge in [0.25, 0.3) is 5.91 Å². The number of nitrogen functional groups attached to an aromatic ring is 1. The van der Waals surface area contributed by atoms with Gasteiger partial charge in [-0.2, -0.15) is 5.26 Å². The molecule has 0 saturated carbocycles. The molecule has 0 aliphatic heterocycles. The topological polar surface area (TPSA) is 126 Å². The van der Waals surface area contributed by atoms with Gasteiger partial charge in [0.1, 0.15) is 18.2 Å². The van der Waals surface area contributed by atoms with E-state index in [2.05, 4.69) is 10.1 Å². The lowest BCUT2D eigenvalue weighted by Gasteiger charge is -2.18. The zero-order valence-electron chi connectivity index (χ0n) is 12.7. The molecule has 0 heterocycles. The Kier molecular flexibility index (Phi) is 6.30. The molecule has 0 spiro atoms. The minimum Gasteiger partial charge on any atom is -0.468 e. The van der Waals surface area contributed by atoms with E-state index in [0.29, 0.717) is 5.69 Å². The number of ether oxygens (including phenoxy) is 1. The number of rotatable bonds is 5. The molecule has 0 aliphatic carbocycles. The molecule has 1 aromatic carbocycles. The summed E-state index contributed by atoms with van der Waals surface area (Å²) in [6, 6.07) is 7.73. The predicted octanol–water partition coefficient (Wildman–Crippen LogP) is 0.318. The maximum Gasteiger partial charge on any atom is 0.325 e. The van der Waals surface area contributed by atoms with E-state index in [1.807, 2.05) is 0 Å². The van der Waals surface area contributed by atoms with Crippen LogP contribution in [0.2, 0.25) is 0 Å². The second-order valence-electron chi connectivity index (χ2n) is 4.38. The highest BCUT2D eigenvalue weighted by Crippen LogP contribution is 2.18. The molecule has 0 bridgehead atoms. The molecule has 2 amide bonds. The predicted molar refractivity (Wildman–Crippen MR) is 82.7 cm³/mol. The number of carbonyl (C=O) groups is 3. The summed E-state index contributed by atoms with van der Waals surface area (Å²) in [6.07, 6.45) is 1.06. The van der Waals surface area contributed by atoms with Crippen molar-refractivity contribution in [2.75, 3.05) is 24.3 Å². The van der Waals surface area contributed by atoms with Crippen molar-refractivity contribution in [2.24, 2.45) is 0 Å². The number of anilines is 2. The third-order valence-corrected chi connectivity index (χ3v) is 2.74. The number of methoxy groups -OCH3 is 1. The zero-order valence-corrected chi connectivity index (χ0v) is 12.7. The molecule has 8 heteroatoms. The van der Waals surface area contributed by atoms with Crippen LogP contribution in [0, 0.1) is 11.3 Å². The summed E-state index contributed by atoms with van der Waals surface area (Å²) in [5, 5.41) is 11.6. The number of carbonyl (C=O) groups excluding carboxylic acids is 3. The minimum absolute atomic E-state index is 0.211. The van der Waals surface area contributed by atoms with Crippen molar-refractivity contribution in [3.8, 4) is 6.07 Å². The highest BCUT2D eigenvalue weighted by Gasteiger charge is 2.23. The van der Waals surface area contributed by atoms with Crippen molar-refractivity contribution >= 4 is 29.2 Å². The van der Waals surface area contributed by atoms with Gasteiger partial charge in [-0.1, -0.05) is 0 Å². The number of nitrogens with zero attached hydrogens (tertiary/aromatic N) is 2. The Balaban J connectivity index is 3.01. The molecular formula is C15H16N4O4. The minimum atomic E-state index is -0.817. The van der Waals surface area contributed by atoms with Crippen molar-refractivity contribution in [3.63, 3.8) is 0 Å². The van der Waals surface area contributed by atoms with Gasteiger partial charge in [0.05, 0.1) is 12.8 Å². The fourth-order valence-electron chi connectivity index (χ4n) is 1.64. The summed E-state index contributed by atoms with van der Waals surface area (Å²) < 4.78 is 4.42. The Bertz CT molecular complexity index is 674. The van der Waals surface area contributed by atoms with Crippen molar-refractivity contribution in [3.05, 3.63) is 36.0 Å². The first-order chi connectivity index (χ1) is 10.9. The van der Waals surface area contributed by atoms with Crippen LogP contribution in [0.3, 0.4) is 0 Å². The fourth-order valence-corrected chi connectivity index (χ4v) is 1.64. The summed E-state index contributed by atoms with van der Waals surface area (Å²) in [7, 11) is 1.21. The van der Waals surface area contributed by atoms with Crippen molar-refractivity contribution in [1.82, 2.24) is 5.32 Å². The molecule has 0 unspecified atom stereocenters. The third-order valence-electron chi connectivity index (χ3n) is 2.74. The highest BCUT2D eigenvalue weighted by molar-refractivity contribution is 6.21. The molecule has 0 radical (unpaired) electrons. The van der Waals surface area contributed by atoms with Gasteiger partial charge in [-0.3, -0.25) is 14.4 Å². The van der Waals surface area contributed by atoms with E-state index < -0.39 is 17.8 Å². The summed E-state index contributed by atoms with van der Waals surface area (Å²) in [5.41, 5.74) is 5.99. The van der Waals surface area contributed by atoms with Gasteiger partial charge in [-0.15, -0.1) is 0 Å². The van der Waals surface area contributed by atoms with E-state index in [-0.39, 0.29) is 17.8 Å². The zero-order chi connectivity index (χ0) is 17.4. The Morgan fingerprint density at radius 2 is 1.96 bits per heavy atom. The summed E-state index contributed by atoms with van der Waals surface area (Å²) in [5.74, 6) is -1.94. The van der Waals surface area contributed by atoms with Crippen LogP contribution in [0.25, 0.3) is 0 Å². The second kappa shape index (κ2) is 8.19. The van der Waals surface area contributed by atoms with Crippen molar-refractivity contribution in [1.29, 1.82) is 5.26 Å². The van der Waals surface area contributed by atoms with E-state index in [0.717, 1.165) is 11.1 Å². The first kappa shape index (κ1) is 17.7. The molecular weight excluding hydrogens is 300 g/mol. The standard InChI is InChI=1S/C15H16N4O4/c1-10(20)19(13-5-3-12(17)4-6-13)15(22)11(7-16)8-18-9-14(21)23-2/h3-6,8,18H,9,17H2,1-2H3/b11-8-. The quantitative estimate of drug-likeness (QED) is 0.347. The van der Waals surface area contributed by atoms with E-state index in [4.69, 9.17) is 11.0 Å². The van der Waals surface area contributed by atoms with Crippen LogP contribution in [0.4, 0.5) is 11.4 Å². The average molecular weight is 316 g/mol. The molecule has 0 atom stereocenters. The highest BCUT2D eigenvalue weighted by atomic mass is 16.5. The van der Waals surface area contributed by atoms with Crippen LogP contribution in [0.15, 0.2) is 36.0 Å². The van der Waals surface area contributed by atoms with E-state index in [9.17, 15) is 14.4 Å². The molecule has 1 rings (SSSR count).